The Morgan fingerprint density at radius 2 is 2.33 bits per heavy atom. The van der Waals surface area contributed by atoms with E-state index in [1.165, 1.54) is 0 Å². The summed E-state index contributed by atoms with van der Waals surface area (Å²) in [6, 6.07) is 1.68. The van der Waals surface area contributed by atoms with Gasteiger partial charge in [0.1, 0.15) is 11.8 Å². The molecule has 0 spiro atoms. The molecule has 3 nitrogen and oxygen atoms in total. The molecule has 0 aromatic rings. The Morgan fingerprint density at radius 1 is 1.78 bits per heavy atom. The first-order valence-corrected chi connectivity index (χ1v) is 2.76. The van der Waals surface area contributed by atoms with Crippen LogP contribution in [0.15, 0.2) is 0 Å². The smallest absolute Gasteiger partial charge is 0.135 e. The van der Waals surface area contributed by atoms with Gasteiger partial charge in [-0.15, -0.1) is 0 Å². The van der Waals surface area contributed by atoms with Crippen LogP contribution in [0.1, 0.15) is 13.8 Å². The van der Waals surface area contributed by atoms with E-state index in [9.17, 15) is 0 Å². The van der Waals surface area contributed by atoms with Crippen LogP contribution in [-0.4, -0.2) is 18.4 Å². The Labute approximate surface area is 54.8 Å². The third-order valence-corrected chi connectivity index (χ3v) is 0.696. The first kappa shape index (κ1) is 8.12. The Morgan fingerprint density at radius 3 is 2.67 bits per heavy atom. The molecule has 0 unspecified atom stereocenters. The van der Waals surface area contributed by atoms with Crippen LogP contribution in [0.3, 0.4) is 0 Å². The summed E-state index contributed by atoms with van der Waals surface area (Å²) in [6.45, 7) is 3.86. The molecule has 0 amide bonds. The lowest BCUT2D eigenvalue weighted by molar-refractivity contribution is 0.111. The molecule has 50 valence electrons. The van der Waals surface area contributed by atoms with Crippen molar-refractivity contribution in [2.24, 2.45) is 0 Å². The van der Waals surface area contributed by atoms with Crippen LogP contribution >= 0.6 is 0 Å². The Balaban J connectivity index is 3.31. The average Bonchev–Trinajstić information content (AvgIpc) is 1.83. The highest BCUT2D eigenvalue weighted by atomic mass is 16.5. The Hall–Kier alpha value is -0.880. The Bertz CT molecular complexity index is 134. The second-order valence-corrected chi connectivity index (χ2v) is 1.95. The molecule has 0 atom stereocenters. The van der Waals surface area contributed by atoms with E-state index in [-0.39, 0.29) is 18.4 Å². The molecule has 9 heavy (non-hydrogen) atoms. The zero-order valence-corrected chi connectivity index (χ0v) is 5.64. The number of nitrogens with zero attached hydrogens (tertiary/aromatic N) is 1. The fourth-order valence-electron chi connectivity index (χ4n) is 0.282. The number of ether oxygens (including phenoxy) is 1. The zero-order chi connectivity index (χ0) is 7.28. The highest BCUT2D eigenvalue weighted by Crippen LogP contribution is 1.86. The van der Waals surface area contributed by atoms with Crippen LogP contribution < -0.4 is 0 Å². The molecular weight excluding hydrogens is 116 g/mol. The minimum Gasteiger partial charge on any atom is -0.372 e. The molecular formula is C6H10N2O. The van der Waals surface area contributed by atoms with Crippen molar-refractivity contribution in [2.75, 3.05) is 6.61 Å². The molecule has 0 fully saturated rings. The third kappa shape index (κ3) is 4.98. The molecule has 0 aromatic heterocycles. The summed E-state index contributed by atoms with van der Waals surface area (Å²) in [5.74, 6) is 0. The van der Waals surface area contributed by atoms with E-state index in [2.05, 4.69) is 0 Å². The molecule has 0 heterocycles. The lowest BCUT2D eigenvalue weighted by atomic mass is 10.4. The fourth-order valence-corrected chi connectivity index (χ4v) is 0.282. The van der Waals surface area contributed by atoms with Gasteiger partial charge in [0.2, 0.25) is 0 Å². The van der Waals surface area contributed by atoms with Gasteiger partial charge in [0.05, 0.1) is 12.7 Å². The number of nitriles is 1. The van der Waals surface area contributed by atoms with Gasteiger partial charge in [-0.3, -0.25) is 5.41 Å². The van der Waals surface area contributed by atoms with Gasteiger partial charge in [-0.1, -0.05) is 0 Å². The lowest BCUT2D eigenvalue weighted by Gasteiger charge is -2.02. The van der Waals surface area contributed by atoms with Crippen molar-refractivity contribution < 1.29 is 4.74 Å². The zero-order valence-electron chi connectivity index (χ0n) is 5.64. The van der Waals surface area contributed by atoms with E-state index in [1.54, 1.807) is 6.07 Å². The maximum Gasteiger partial charge on any atom is 0.135 e. The summed E-state index contributed by atoms with van der Waals surface area (Å²) in [6.07, 6.45) is 0.0960. The van der Waals surface area contributed by atoms with Crippen LogP contribution in [0.2, 0.25) is 0 Å². The number of nitrogens with one attached hydrogen (secondary N) is 1. The number of hydrogen-bond donors (Lipinski definition) is 1. The first-order valence-electron chi connectivity index (χ1n) is 2.76. The molecule has 0 saturated carbocycles. The predicted molar refractivity (Wildman–Crippen MR) is 34.4 cm³/mol. The van der Waals surface area contributed by atoms with E-state index in [0.29, 0.717) is 0 Å². The summed E-state index contributed by atoms with van der Waals surface area (Å²) < 4.78 is 4.95. The maximum atomic E-state index is 8.09. The van der Waals surface area contributed by atoms with Crippen molar-refractivity contribution in [3.8, 4) is 6.07 Å². The van der Waals surface area contributed by atoms with Crippen molar-refractivity contribution in [1.29, 1.82) is 10.7 Å². The molecule has 3 heteroatoms. The van der Waals surface area contributed by atoms with Crippen LogP contribution in [-0.2, 0) is 4.74 Å². The minimum absolute atomic E-state index is 0.0244. The fraction of sp³-hybridized carbons (Fsp3) is 0.667. The van der Waals surface area contributed by atoms with Gasteiger partial charge in [0, 0.05) is 0 Å². The van der Waals surface area contributed by atoms with Crippen LogP contribution in [0.5, 0.6) is 0 Å². The molecule has 0 bridgehead atoms. The topological polar surface area (TPSA) is 56.9 Å². The second-order valence-electron chi connectivity index (χ2n) is 1.95. The molecule has 0 aliphatic heterocycles. The van der Waals surface area contributed by atoms with E-state index in [4.69, 9.17) is 15.4 Å². The Kier molecular flexibility index (Phi) is 3.65. The molecule has 0 rings (SSSR count). The number of hydrogen-bond acceptors (Lipinski definition) is 3. The van der Waals surface area contributed by atoms with E-state index in [0.717, 1.165) is 0 Å². The van der Waals surface area contributed by atoms with E-state index >= 15 is 0 Å². The monoisotopic (exact) mass is 126 g/mol. The van der Waals surface area contributed by atoms with Gasteiger partial charge < -0.3 is 4.74 Å². The minimum atomic E-state index is -0.0244. The van der Waals surface area contributed by atoms with Crippen molar-refractivity contribution in [3.05, 3.63) is 0 Å². The first-order chi connectivity index (χ1) is 4.16. The van der Waals surface area contributed by atoms with Crippen molar-refractivity contribution >= 4 is 5.71 Å². The normalized spacial score (nSPS) is 9.11. The highest BCUT2D eigenvalue weighted by molar-refractivity contribution is 5.96. The van der Waals surface area contributed by atoms with Gasteiger partial charge in [-0.2, -0.15) is 5.26 Å². The van der Waals surface area contributed by atoms with Crippen LogP contribution in [0.4, 0.5) is 0 Å². The van der Waals surface area contributed by atoms with E-state index < -0.39 is 0 Å². The van der Waals surface area contributed by atoms with Gasteiger partial charge in [0.15, 0.2) is 0 Å². The molecule has 0 saturated heterocycles. The quantitative estimate of drug-likeness (QED) is 0.572. The van der Waals surface area contributed by atoms with Gasteiger partial charge >= 0.3 is 0 Å². The highest BCUT2D eigenvalue weighted by Gasteiger charge is 1.95. The van der Waals surface area contributed by atoms with Crippen LogP contribution in [0.25, 0.3) is 0 Å². The van der Waals surface area contributed by atoms with Crippen molar-refractivity contribution in [1.82, 2.24) is 0 Å². The van der Waals surface area contributed by atoms with Crippen molar-refractivity contribution in [3.63, 3.8) is 0 Å². The third-order valence-electron chi connectivity index (χ3n) is 0.696. The summed E-state index contributed by atoms with van der Waals surface area (Å²) in [4.78, 5) is 0. The predicted octanol–water partition coefficient (Wildman–Crippen LogP) is 0.955. The summed E-state index contributed by atoms with van der Waals surface area (Å²) in [5.41, 5.74) is -0.0244. The molecule has 0 aliphatic rings. The SMILES string of the molecule is CC(C)OCC(=N)C#N. The molecule has 0 aromatic carbocycles. The average molecular weight is 126 g/mol. The second kappa shape index (κ2) is 4.04. The molecule has 1 N–H and O–H groups in total. The maximum absolute atomic E-state index is 8.09. The summed E-state index contributed by atoms with van der Waals surface area (Å²) >= 11 is 0. The molecule has 0 aliphatic carbocycles. The lowest BCUT2D eigenvalue weighted by Crippen LogP contribution is -2.10. The summed E-state index contributed by atoms with van der Waals surface area (Å²) in [5, 5.41) is 14.9. The number of rotatable bonds is 3. The van der Waals surface area contributed by atoms with Gasteiger partial charge in [-0.05, 0) is 13.8 Å². The van der Waals surface area contributed by atoms with Crippen molar-refractivity contribution in [2.45, 2.75) is 20.0 Å². The van der Waals surface area contributed by atoms with Crippen LogP contribution in [0, 0.1) is 16.7 Å². The van der Waals surface area contributed by atoms with E-state index in [1.807, 2.05) is 13.8 Å². The standard InChI is InChI=1S/C6H10N2O/c1-5(2)9-4-6(8)3-7/h5,8H,4H2,1-2H3. The summed E-state index contributed by atoms with van der Waals surface area (Å²) in [7, 11) is 0. The van der Waals surface area contributed by atoms with Gasteiger partial charge in [0.25, 0.3) is 0 Å². The van der Waals surface area contributed by atoms with Gasteiger partial charge in [-0.25, -0.2) is 0 Å². The molecule has 0 radical (unpaired) electrons. The largest absolute Gasteiger partial charge is 0.372 e.